The molecule has 162 valence electrons. The first kappa shape index (κ1) is 22.3. The standard InChI is InChI=1S/C23H30N2O4S/c1-18-11-13-20(14-12-18)25-30(27,28)17-23(26)24-21-9-5-6-10-22(21)29-16-15-19-7-3-2-4-8-19/h2-10,18,20,25H,11-17H2,1H3,(H,24,26). The number of hydrogen-bond acceptors (Lipinski definition) is 4. The Morgan fingerprint density at radius 1 is 1.00 bits per heavy atom. The number of rotatable bonds is 9. The van der Waals surface area contributed by atoms with Gasteiger partial charge in [0, 0.05) is 12.5 Å². The first-order chi connectivity index (χ1) is 14.4. The van der Waals surface area contributed by atoms with Crippen LogP contribution in [0, 0.1) is 5.92 Å². The van der Waals surface area contributed by atoms with Gasteiger partial charge in [-0.25, -0.2) is 13.1 Å². The van der Waals surface area contributed by atoms with Gasteiger partial charge in [0.2, 0.25) is 15.9 Å². The van der Waals surface area contributed by atoms with Crippen LogP contribution in [0.4, 0.5) is 5.69 Å². The molecular weight excluding hydrogens is 400 g/mol. The smallest absolute Gasteiger partial charge is 0.241 e. The second-order valence-corrected chi connectivity index (χ2v) is 9.72. The molecule has 2 N–H and O–H groups in total. The molecule has 1 aliphatic carbocycles. The Labute approximate surface area is 179 Å². The summed E-state index contributed by atoms with van der Waals surface area (Å²) in [4.78, 5) is 12.4. The molecule has 1 saturated carbocycles. The number of nitrogens with one attached hydrogen (secondary N) is 2. The van der Waals surface area contributed by atoms with E-state index in [0.29, 0.717) is 24.0 Å². The summed E-state index contributed by atoms with van der Waals surface area (Å²) in [5.74, 6) is -0.0242. The lowest BCUT2D eigenvalue weighted by atomic mass is 9.88. The number of sulfonamides is 1. The number of benzene rings is 2. The molecule has 0 unspecified atom stereocenters. The zero-order valence-corrected chi connectivity index (χ0v) is 18.2. The van der Waals surface area contributed by atoms with Crippen LogP contribution >= 0.6 is 0 Å². The van der Waals surface area contributed by atoms with Crippen LogP contribution in [0.3, 0.4) is 0 Å². The van der Waals surface area contributed by atoms with Gasteiger partial charge >= 0.3 is 0 Å². The lowest BCUT2D eigenvalue weighted by Crippen LogP contribution is -2.41. The van der Waals surface area contributed by atoms with E-state index >= 15 is 0 Å². The maximum absolute atomic E-state index is 12.4. The van der Waals surface area contributed by atoms with Crippen LogP contribution in [0.15, 0.2) is 54.6 Å². The van der Waals surface area contributed by atoms with Gasteiger partial charge in [-0.3, -0.25) is 4.79 Å². The largest absolute Gasteiger partial charge is 0.491 e. The Hall–Kier alpha value is -2.38. The molecule has 2 aromatic carbocycles. The normalized spacial score (nSPS) is 19.2. The Balaban J connectivity index is 1.52. The van der Waals surface area contributed by atoms with E-state index in [2.05, 4.69) is 17.0 Å². The van der Waals surface area contributed by atoms with Crippen LogP contribution in [0.5, 0.6) is 5.75 Å². The van der Waals surface area contributed by atoms with Crippen molar-refractivity contribution in [3.05, 3.63) is 60.2 Å². The van der Waals surface area contributed by atoms with Gasteiger partial charge in [0.1, 0.15) is 11.5 Å². The molecule has 0 atom stereocenters. The minimum atomic E-state index is -3.69. The molecule has 2 aromatic rings. The summed E-state index contributed by atoms with van der Waals surface area (Å²) in [5.41, 5.74) is 1.63. The van der Waals surface area contributed by atoms with Gasteiger partial charge in [0.25, 0.3) is 0 Å². The molecule has 1 aliphatic rings. The number of ether oxygens (including phenoxy) is 1. The summed E-state index contributed by atoms with van der Waals surface area (Å²) in [6, 6.07) is 17.0. The SMILES string of the molecule is CC1CCC(NS(=O)(=O)CC(=O)Nc2ccccc2OCCc2ccccc2)CC1. The van der Waals surface area contributed by atoms with E-state index in [1.54, 1.807) is 18.2 Å². The highest BCUT2D eigenvalue weighted by Gasteiger charge is 2.25. The maximum atomic E-state index is 12.4. The summed E-state index contributed by atoms with van der Waals surface area (Å²) in [5, 5.41) is 2.68. The van der Waals surface area contributed by atoms with Crippen molar-refractivity contribution < 1.29 is 17.9 Å². The third-order valence-corrected chi connectivity index (χ3v) is 6.67. The topological polar surface area (TPSA) is 84.5 Å². The number of anilines is 1. The zero-order chi connectivity index (χ0) is 21.4. The predicted octanol–water partition coefficient (Wildman–Crippen LogP) is 3.74. The lowest BCUT2D eigenvalue weighted by Gasteiger charge is -2.26. The third kappa shape index (κ3) is 7.15. The van der Waals surface area contributed by atoms with Gasteiger partial charge < -0.3 is 10.1 Å². The monoisotopic (exact) mass is 430 g/mol. The summed E-state index contributed by atoms with van der Waals surface area (Å²) < 4.78 is 33.3. The molecule has 1 amide bonds. The number of hydrogen-bond donors (Lipinski definition) is 2. The van der Waals surface area contributed by atoms with Gasteiger partial charge in [-0.15, -0.1) is 0 Å². The highest BCUT2D eigenvalue weighted by molar-refractivity contribution is 7.90. The predicted molar refractivity (Wildman–Crippen MR) is 119 cm³/mol. The molecule has 0 heterocycles. The fourth-order valence-electron chi connectivity index (χ4n) is 3.65. The highest BCUT2D eigenvalue weighted by atomic mass is 32.2. The quantitative estimate of drug-likeness (QED) is 0.635. The number of para-hydroxylation sites is 2. The van der Waals surface area contributed by atoms with E-state index in [-0.39, 0.29) is 6.04 Å². The van der Waals surface area contributed by atoms with E-state index in [9.17, 15) is 13.2 Å². The molecular formula is C23H30N2O4S. The van der Waals surface area contributed by atoms with Crippen molar-refractivity contribution in [3.8, 4) is 5.75 Å². The van der Waals surface area contributed by atoms with Crippen molar-refractivity contribution in [2.24, 2.45) is 5.92 Å². The molecule has 0 spiro atoms. The van der Waals surface area contributed by atoms with Gasteiger partial charge in [-0.05, 0) is 49.3 Å². The molecule has 0 aromatic heterocycles. The molecule has 30 heavy (non-hydrogen) atoms. The summed E-state index contributed by atoms with van der Waals surface area (Å²) in [6.07, 6.45) is 4.39. The molecule has 3 rings (SSSR count). The molecule has 0 radical (unpaired) electrons. The van der Waals surface area contributed by atoms with E-state index in [4.69, 9.17) is 4.74 Å². The van der Waals surface area contributed by atoms with E-state index in [1.807, 2.05) is 36.4 Å². The molecule has 1 fully saturated rings. The average molecular weight is 431 g/mol. The molecule has 0 bridgehead atoms. The van der Waals surface area contributed by atoms with Crippen molar-refractivity contribution in [1.82, 2.24) is 4.72 Å². The Morgan fingerprint density at radius 2 is 1.67 bits per heavy atom. The highest BCUT2D eigenvalue weighted by Crippen LogP contribution is 2.25. The summed E-state index contributed by atoms with van der Waals surface area (Å²) in [7, 11) is -3.69. The van der Waals surface area contributed by atoms with Gasteiger partial charge in [0.05, 0.1) is 12.3 Å². The first-order valence-corrected chi connectivity index (χ1v) is 12.1. The Kier molecular flexibility index (Phi) is 7.87. The Bertz CT molecular complexity index is 923. The van der Waals surface area contributed by atoms with Crippen LogP contribution in [0.1, 0.15) is 38.2 Å². The van der Waals surface area contributed by atoms with Crippen molar-refractivity contribution >= 4 is 21.6 Å². The fourth-order valence-corrected chi connectivity index (χ4v) is 4.90. The van der Waals surface area contributed by atoms with Crippen LogP contribution in [0.2, 0.25) is 0 Å². The van der Waals surface area contributed by atoms with Gasteiger partial charge in [-0.1, -0.05) is 49.4 Å². The van der Waals surface area contributed by atoms with Crippen LogP contribution in [0.25, 0.3) is 0 Å². The number of carbonyl (C=O) groups is 1. The van der Waals surface area contributed by atoms with Crippen LogP contribution in [-0.4, -0.2) is 32.7 Å². The maximum Gasteiger partial charge on any atom is 0.241 e. The Morgan fingerprint density at radius 3 is 2.40 bits per heavy atom. The van der Waals surface area contributed by atoms with E-state index < -0.39 is 21.7 Å². The van der Waals surface area contributed by atoms with Crippen molar-refractivity contribution in [3.63, 3.8) is 0 Å². The minimum Gasteiger partial charge on any atom is -0.491 e. The summed E-state index contributed by atoms with van der Waals surface area (Å²) >= 11 is 0. The molecule has 7 heteroatoms. The number of carbonyl (C=O) groups excluding carboxylic acids is 1. The van der Waals surface area contributed by atoms with Gasteiger partial charge in [0.15, 0.2) is 0 Å². The van der Waals surface area contributed by atoms with Crippen LogP contribution < -0.4 is 14.8 Å². The third-order valence-electron chi connectivity index (χ3n) is 5.34. The molecule has 6 nitrogen and oxygen atoms in total. The van der Waals surface area contributed by atoms with Gasteiger partial charge in [-0.2, -0.15) is 0 Å². The number of amides is 1. The van der Waals surface area contributed by atoms with Crippen molar-refractivity contribution in [2.75, 3.05) is 17.7 Å². The second kappa shape index (κ2) is 10.6. The van der Waals surface area contributed by atoms with E-state index in [0.717, 1.165) is 37.7 Å². The second-order valence-electron chi connectivity index (χ2n) is 7.96. The van der Waals surface area contributed by atoms with E-state index in [1.165, 1.54) is 0 Å². The zero-order valence-electron chi connectivity index (χ0n) is 17.3. The summed E-state index contributed by atoms with van der Waals surface area (Å²) in [6.45, 7) is 2.63. The fraction of sp³-hybridized carbons (Fsp3) is 0.435. The first-order valence-electron chi connectivity index (χ1n) is 10.5. The minimum absolute atomic E-state index is 0.0763. The molecule has 0 aliphatic heterocycles. The lowest BCUT2D eigenvalue weighted by molar-refractivity contribution is -0.113. The van der Waals surface area contributed by atoms with Crippen LogP contribution in [-0.2, 0) is 21.2 Å². The van der Waals surface area contributed by atoms with Crippen molar-refractivity contribution in [2.45, 2.75) is 45.1 Å². The average Bonchev–Trinajstić information content (AvgIpc) is 2.71. The molecule has 0 saturated heterocycles. The van der Waals surface area contributed by atoms with Crippen molar-refractivity contribution in [1.29, 1.82) is 0 Å².